The van der Waals surface area contributed by atoms with Crippen LogP contribution in [-0.4, -0.2) is 20.7 Å². The van der Waals surface area contributed by atoms with E-state index in [2.05, 4.69) is 0 Å². The third-order valence-electron chi connectivity index (χ3n) is 3.31. The molecule has 0 radical (unpaired) electrons. The predicted octanol–water partition coefficient (Wildman–Crippen LogP) is 3.55. The summed E-state index contributed by atoms with van der Waals surface area (Å²) in [4.78, 5) is 10.8. The summed E-state index contributed by atoms with van der Waals surface area (Å²) in [5.41, 5.74) is 3.18. The average molecular weight is 279 g/mol. The molecule has 0 saturated heterocycles. The second kappa shape index (κ2) is 5.17. The molecular formula is C17H13NO3. The molecule has 0 amide bonds. The number of nitrogens with zero attached hydrogens (tertiary/aromatic N) is 1. The van der Waals surface area contributed by atoms with Gasteiger partial charge in [-0.05, 0) is 53.6 Å². The lowest BCUT2D eigenvalue weighted by atomic mass is 10.1. The Morgan fingerprint density at radius 3 is 2.14 bits per heavy atom. The summed E-state index contributed by atoms with van der Waals surface area (Å²) in [5, 5.41) is 18.2. The molecule has 0 bridgehead atoms. The van der Waals surface area contributed by atoms with E-state index in [4.69, 9.17) is 5.11 Å². The molecule has 0 aliphatic carbocycles. The van der Waals surface area contributed by atoms with Crippen molar-refractivity contribution in [2.24, 2.45) is 0 Å². The topological polar surface area (TPSA) is 62.5 Å². The fourth-order valence-corrected chi connectivity index (χ4v) is 2.16. The molecule has 2 aromatic carbocycles. The van der Waals surface area contributed by atoms with Crippen molar-refractivity contribution >= 4 is 5.97 Å². The van der Waals surface area contributed by atoms with Crippen LogP contribution in [0.4, 0.5) is 0 Å². The summed E-state index contributed by atoms with van der Waals surface area (Å²) >= 11 is 0. The second-order valence-corrected chi connectivity index (χ2v) is 4.71. The number of carbonyl (C=O) groups is 1. The zero-order valence-electron chi connectivity index (χ0n) is 11.1. The van der Waals surface area contributed by atoms with Gasteiger partial charge in [0.2, 0.25) is 0 Å². The quantitative estimate of drug-likeness (QED) is 0.770. The molecule has 2 N–H and O–H groups in total. The molecule has 0 aliphatic heterocycles. The van der Waals surface area contributed by atoms with Gasteiger partial charge in [-0.15, -0.1) is 0 Å². The van der Waals surface area contributed by atoms with Crippen molar-refractivity contribution < 1.29 is 15.0 Å². The van der Waals surface area contributed by atoms with Crippen molar-refractivity contribution in [3.63, 3.8) is 0 Å². The van der Waals surface area contributed by atoms with Crippen molar-refractivity contribution in [3.8, 4) is 22.6 Å². The largest absolute Gasteiger partial charge is 0.508 e. The molecule has 0 atom stereocenters. The van der Waals surface area contributed by atoms with Crippen LogP contribution in [0.15, 0.2) is 67.0 Å². The van der Waals surface area contributed by atoms with E-state index in [0.29, 0.717) is 0 Å². The van der Waals surface area contributed by atoms with Gasteiger partial charge in [-0.2, -0.15) is 0 Å². The van der Waals surface area contributed by atoms with Crippen LogP contribution in [-0.2, 0) is 0 Å². The maximum Gasteiger partial charge on any atom is 0.335 e. The molecule has 21 heavy (non-hydrogen) atoms. The number of carboxylic acids is 1. The number of aromatic nitrogens is 1. The Morgan fingerprint density at radius 2 is 1.52 bits per heavy atom. The zero-order chi connectivity index (χ0) is 14.8. The lowest BCUT2D eigenvalue weighted by Gasteiger charge is -2.03. The third-order valence-corrected chi connectivity index (χ3v) is 3.31. The first-order valence-corrected chi connectivity index (χ1v) is 6.44. The highest BCUT2D eigenvalue weighted by atomic mass is 16.4. The van der Waals surface area contributed by atoms with Gasteiger partial charge in [0, 0.05) is 18.1 Å². The number of phenolic OH excluding ortho intramolecular Hbond substituents is 1. The van der Waals surface area contributed by atoms with Crippen LogP contribution < -0.4 is 0 Å². The van der Waals surface area contributed by atoms with E-state index < -0.39 is 5.97 Å². The van der Waals surface area contributed by atoms with Crippen LogP contribution in [0.25, 0.3) is 16.8 Å². The van der Waals surface area contributed by atoms with Crippen LogP contribution in [0.5, 0.6) is 5.75 Å². The standard InChI is InChI=1S/C17H13NO3/c19-16-7-5-15(6-8-16)18-10-9-14(11-18)12-1-3-13(4-2-12)17(20)21/h1-11,19H,(H,20,21). The van der Waals surface area contributed by atoms with E-state index in [-0.39, 0.29) is 11.3 Å². The minimum absolute atomic E-state index is 0.232. The summed E-state index contributed by atoms with van der Waals surface area (Å²) in [5.74, 6) is -0.696. The van der Waals surface area contributed by atoms with Gasteiger partial charge in [-0.3, -0.25) is 0 Å². The number of aromatic carboxylic acids is 1. The van der Waals surface area contributed by atoms with Gasteiger partial charge >= 0.3 is 5.97 Å². The summed E-state index contributed by atoms with van der Waals surface area (Å²) in [6.07, 6.45) is 3.88. The fraction of sp³-hybridized carbons (Fsp3) is 0. The molecule has 0 spiro atoms. The minimum Gasteiger partial charge on any atom is -0.508 e. The molecule has 1 heterocycles. The van der Waals surface area contributed by atoms with E-state index >= 15 is 0 Å². The molecule has 0 saturated carbocycles. The highest BCUT2D eigenvalue weighted by Gasteiger charge is 2.05. The maximum absolute atomic E-state index is 10.8. The summed E-state index contributed by atoms with van der Waals surface area (Å²) in [7, 11) is 0. The van der Waals surface area contributed by atoms with E-state index in [0.717, 1.165) is 16.8 Å². The number of hydrogen-bond donors (Lipinski definition) is 2. The molecule has 1 aromatic heterocycles. The zero-order valence-corrected chi connectivity index (χ0v) is 11.1. The number of aromatic hydroxyl groups is 1. The van der Waals surface area contributed by atoms with Crippen LogP contribution in [0.3, 0.4) is 0 Å². The van der Waals surface area contributed by atoms with Crippen LogP contribution >= 0.6 is 0 Å². The highest BCUT2D eigenvalue weighted by Crippen LogP contribution is 2.23. The molecule has 0 aliphatic rings. The van der Waals surface area contributed by atoms with Crippen molar-refractivity contribution in [2.45, 2.75) is 0 Å². The van der Waals surface area contributed by atoms with E-state index in [9.17, 15) is 9.90 Å². The molecule has 4 nitrogen and oxygen atoms in total. The number of rotatable bonds is 3. The van der Waals surface area contributed by atoms with Gasteiger partial charge < -0.3 is 14.8 Å². The average Bonchev–Trinajstić information content (AvgIpc) is 2.98. The Bertz CT molecular complexity index is 771. The Kier molecular flexibility index (Phi) is 3.20. The van der Waals surface area contributed by atoms with E-state index in [1.54, 1.807) is 36.4 Å². The Balaban J connectivity index is 1.90. The van der Waals surface area contributed by atoms with Crippen molar-refractivity contribution in [2.75, 3.05) is 0 Å². The summed E-state index contributed by atoms with van der Waals surface area (Å²) < 4.78 is 1.94. The maximum atomic E-state index is 10.8. The normalized spacial score (nSPS) is 10.5. The van der Waals surface area contributed by atoms with Gasteiger partial charge in [0.05, 0.1) is 5.56 Å². The Hall–Kier alpha value is -3.01. The van der Waals surface area contributed by atoms with Crippen molar-refractivity contribution in [1.29, 1.82) is 0 Å². The lowest BCUT2D eigenvalue weighted by molar-refractivity contribution is 0.0697. The van der Waals surface area contributed by atoms with Crippen molar-refractivity contribution in [3.05, 3.63) is 72.6 Å². The lowest BCUT2D eigenvalue weighted by Crippen LogP contribution is -1.94. The van der Waals surface area contributed by atoms with E-state index in [1.165, 1.54) is 0 Å². The number of carboxylic acid groups (broad SMARTS) is 1. The van der Waals surface area contributed by atoms with Gasteiger partial charge in [-0.1, -0.05) is 12.1 Å². The van der Waals surface area contributed by atoms with Crippen LogP contribution in [0.1, 0.15) is 10.4 Å². The number of phenols is 1. The first-order chi connectivity index (χ1) is 10.1. The monoisotopic (exact) mass is 279 g/mol. The van der Waals surface area contributed by atoms with Gasteiger partial charge in [0.15, 0.2) is 0 Å². The summed E-state index contributed by atoms with van der Waals surface area (Å²) in [6.45, 7) is 0. The number of benzene rings is 2. The molecule has 0 fully saturated rings. The first-order valence-electron chi connectivity index (χ1n) is 6.44. The first kappa shape index (κ1) is 13.0. The molecule has 3 rings (SSSR count). The SMILES string of the molecule is O=C(O)c1ccc(-c2ccn(-c3ccc(O)cc3)c2)cc1. The van der Waals surface area contributed by atoms with Crippen molar-refractivity contribution in [1.82, 2.24) is 4.57 Å². The predicted molar refractivity (Wildman–Crippen MR) is 79.8 cm³/mol. The Labute approximate surface area is 121 Å². The minimum atomic E-state index is -0.928. The fourth-order valence-electron chi connectivity index (χ4n) is 2.16. The van der Waals surface area contributed by atoms with Crippen LogP contribution in [0.2, 0.25) is 0 Å². The van der Waals surface area contributed by atoms with Gasteiger partial charge in [0.25, 0.3) is 0 Å². The summed E-state index contributed by atoms with van der Waals surface area (Å²) in [6, 6.07) is 15.7. The molecule has 0 unspecified atom stereocenters. The Morgan fingerprint density at radius 1 is 0.857 bits per heavy atom. The third kappa shape index (κ3) is 2.65. The smallest absolute Gasteiger partial charge is 0.335 e. The van der Waals surface area contributed by atoms with Crippen LogP contribution in [0, 0.1) is 0 Å². The molecule has 104 valence electrons. The molecule has 3 aromatic rings. The molecular weight excluding hydrogens is 266 g/mol. The van der Waals surface area contributed by atoms with E-state index in [1.807, 2.05) is 35.2 Å². The second-order valence-electron chi connectivity index (χ2n) is 4.71. The highest BCUT2D eigenvalue weighted by molar-refractivity contribution is 5.88. The molecule has 4 heteroatoms. The van der Waals surface area contributed by atoms with Gasteiger partial charge in [0.1, 0.15) is 5.75 Å². The number of hydrogen-bond acceptors (Lipinski definition) is 2. The van der Waals surface area contributed by atoms with Gasteiger partial charge in [-0.25, -0.2) is 4.79 Å².